The zero-order valence-corrected chi connectivity index (χ0v) is 20.4. The Morgan fingerprint density at radius 3 is 2.62 bits per heavy atom. The van der Waals surface area contributed by atoms with E-state index in [2.05, 4.69) is 17.0 Å². The molecular weight excluding hydrogens is 452 g/mol. The van der Waals surface area contributed by atoms with Gasteiger partial charge in [-0.05, 0) is 43.0 Å². The fourth-order valence-electron chi connectivity index (χ4n) is 4.20. The molecule has 2 aromatic carbocycles. The molecule has 4 rings (SSSR count). The molecule has 3 aromatic rings. The monoisotopic (exact) mass is 484 g/mol. The van der Waals surface area contributed by atoms with Crippen molar-refractivity contribution in [1.29, 1.82) is 0 Å². The van der Waals surface area contributed by atoms with Gasteiger partial charge in [0, 0.05) is 32.5 Å². The SMILES string of the molecule is CCCCn1c(CCC(=O)NOCc2ccccc2)nc2cc(S(=O)(=O)N3CCCC3)ccc21. The van der Waals surface area contributed by atoms with Gasteiger partial charge in [-0.1, -0.05) is 43.7 Å². The van der Waals surface area contributed by atoms with Crippen LogP contribution in [0.15, 0.2) is 53.4 Å². The van der Waals surface area contributed by atoms with Crippen molar-refractivity contribution >= 4 is 27.0 Å². The van der Waals surface area contributed by atoms with Crippen molar-refractivity contribution in [3.8, 4) is 0 Å². The van der Waals surface area contributed by atoms with E-state index in [-0.39, 0.29) is 17.2 Å². The highest BCUT2D eigenvalue weighted by Gasteiger charge is 2.27. The van der Waals surface area contributed by atoms with Crippen molar-refractivity contribution in [2.75, 3.05) is 13.1 Å². The number of carbonyl (C=O) groups excluding carboxylic acids is 1. The fourth-order valence-corrected chi connectivity index (χ4v) is 5.74. The van der Waals surface area contributed by atoms with Crippen molar-refractivity contribution in [2.45, 2.75) is 63.5 Å². The highest BCUT2D eigenvalue weighted by atomic mass is 32.2. The summed E-state index contributed by atoms with van der Waals surface area (Å²) in [6.07, 6.45) is 4.45. The number of amides is 1. The summed E-state index contributed by atoms with van der Waals surface area (Å²) in [5.41, 5.74) is 5.01. The molecule has 0 unspecified atom stereocenters. The van der Waals surface area contributed by atoms with Gasteiger partial charge in [-0.25, -0.2) is 18.9 Å². The second-order valence-corrected chi connectivity index (χ2v) is 10.5. The summed E-state index contributed by atoms with van der Waals surface area (Å²) in [7, 11) is -3.51. The number of nitrogens with zero attached hydrogens (tertiary/aromatic N) is 3. The Bertz CT molecular complexity index is 1220. The van der Waals surface area contributed by atoms with Crippen molar-refractivity contribution in [2.24, 2.45) is 0 Å². The zero-order valence-electron chi connectivity index (χ0n) is 19.6. The standard InChI is InChI=1S/C25H32N4O4S/c1-2-3-17-29-23-12-11-21(34(31,32)28-15-7-8-16-28)18-22(23)26-24(29)13-14-25(30)27-33-19-20-9-5-4-6-10-20/h4-6,9-12,18H,2-3,7-8,13-17,19H2,1H3,(H,27,30). The molecule has 1 fully saturated rings. The van der Waals surface area contributed by atoms with Crippen LogP contribution >= 0.6 is 0 Å². The van der Waals surface area contributed by atoms with E-state index in [1.165, 1.54) is 0 Å². The highest BCUT2D eigenvalue weighted by molar-refractivity contribution is 7.89. The molecule has 0 saturated carbocycles. The maximum atomic E-state index is 13.0. The Labute approximate surface area is 200 Å². The van der Waals surface area contributed by atoms with Crippen molar-refractivity contribution in [3.63, 3.8) is 0 Å². The lowest BCUT2D eigenvalue weighted by Gasteiger charge is -2.15. The van der Waals surface area contributed by atoms with Gasteiger partial charge in [-0.15, -0.1) is 0 Å². The van der Waals surface area contributed by atoms with Gasteiger partial charge in [0.2, 0.25) is 15.9 Å². The number of imidazole rings is 1. The van der Waals surface area contributed by atoms with Crippen molar-refractivity contribution in [3.05, 3.63) is 59.9 Å². The smallest absolute Gasteiger partial charge is 0.243 e. The van der Waals surface area contributed by atoms with Gasteiger partial charge in [-0.3, -0.25) is 9.63 Å². The van der Waals surface area contributed by atoms with Crippen LogP contribution in [0.25, 0.3) is 11.0 Å². The molecule has 182 valence electrons. The number of fused-ring (bicyclic) bond motifs is 1. The number of carbonyl (C=O) groups is 1. The molecule has 1 saturated heterocycles. The van der Waals surface area contributed by atoms with E-state index in [1.807, 2.05) is 36.4 Å². The first-order valence-corrected chi connectivity index (χ1v) is 13.4. The van der Waals surface area contributed by atoms with Gasteiger partial charge < -0.3 is 4.57 Å². The maximum absolute atomic E-state index is 13.0. The van der Waals surface area contributed by atoms with Crippen LogP contribution in [-0.2, 0) is 39.2 Å². The normalized spacial score (nSPS) is 14.6. The number of aromatic nitrogens is 2. The number of unbranched alkanes of at least 4 members (excludes halogenated alkanes) is 1. The van der Waals surface area contributed by atoms with E-state index in [1.54, 1.807) is 16.4 Å². The van der Waals surface area contributed by atoms with E-state index < -0.39 is 10.0 Å². The average molecular weight is 485 g/mol. The predicted octanol–water partition coefficient (Wildman–Crippen LogP) is 3.80. The lowest BCUT2D eigenvalue weighted by molar-refractivity contribution is -0.134. The van der Waals surface area contributed by atoms with Crippen molar-refractivity contribution in [1.82, 2.24) is 19.3 Å². The van der Waals surface area contributed by atoms with Gasteiger partial charge in [0.1, 0.15) is 5.82 Å². The molecular formula is C25H32N4O4S. The lowest BCUT2D eigenvalue weighted by Crippen LogP contribution is -2.27. The number of hydrogen-bond acceptors (Lipinski definition) is 5. The fraction of sp³-hybridized carbons (Fsp3) is 0.440. The first kappa shape index (κ1) is 24.4. The van der Waals surface area contributed by atoms with Crippen molar-refractivity contribution < 1.29 is 18.0 Å². The first-order chi connectivity index (χ1) is 16.5. The van der Waals surface area contributed by atoms with Crippen LogP contribution < -0.4 is 5.48 Å². The number of hydroxylamine groups is 1. The minimum Gasteiger partial charge on any atom is -0.328 e. The molecule has 1 amide bonds. The lowest BCUT2D eigenvalue weighted by atomic mass is 10.2. The second kappa shape index (κ2) is 11.1. The van der Waals surface area contributed by atoms with Crippen LogP contribution in [-0.4, -0.2) is 41.3 Å². The minimum atomic E-state index is -3.51. The third kappa shape index (κ3) is 5.65. The van der Waals surface area contributed by atoms with Gasteiger partial charge in [0.25, 0.3) is 0 Å². The summed E-state index contributed by atoms with van der Waals surface area (Å²) < 4.78 is 29.6. The number of sulfonamides is 1. The third-order valence-corrected chi connectivity index (χ3v) is 7.97. The van der Waals surface area contributed by atoms with E-state index >= 15 is 0 Å². The van der Waals surface area contributed by atoms with Crippen LogP contribution in [0.1, 0.15) is 50.4 Å². The molecule has 0 atom stereocenters. The van der Waals surface area contributed by atoms with E-state index in [0.29, 0.717) is 31.6 Å². The molecule has 9 heteroatoms. The summed E-state index contributed by atoms with van der Waals surface area (Å²) in [6, 6.07) is 14.8. The van der Waals surface area contributed by atoms with E-state index in [0.717, 1.165) is 49.1 Å². The summed E-state index contributed by atoms with van der Waals surface area (Å²) >= 11 is 0. The Hall–Kier alpha value is -2.75. The molecule has 0 radical (unpaired) electrons. The Morgan fingerprint density at radius 2 is 1.88 bits per heavy atom. The quantitative estimate of drug-likeness (QED) is 0.418. The Balaban J connectivity index is 1.46. The Morgan fingerprint density at radius 1 is 1.12 bits per heavy atom. The average Bonchev–Trinajstić information content (AvgIpc) is 3.50. The molecule has 0 spiro atoms. The largest absolute Gasteiger partial charge is 0.328 e. The predicted molar refractivity (Wildman–Crippen MR) is 130 cm³/mol. The molecule has 1 aromatic heterocycles. The number of hydrogen-bond donors (Lipinski definition) is 1. The molecule has 0 bridgehead atoms. The van der Waals surface area contributed by atoms with Crippen LogP contribution in [0.3, 0.4) is 0 Å². The van der Waals surface area contributed by atoms with E-state index in [9.17, 15) is 13.2 Å². The summed E-state index contributed by atoms with van der Waals surface area (Å²) in [5, 5.41) is 0. The van der Waals surface area contributed by atoms with Gasteiger partial charge in [0.05, 0.1) is 22.5 Å². The van der Waals surface area contributed by atoms with Gasteiger partial charge in [-0.2, -0.15) is 4.31 Å². The highest BCUT2D eigenvalue weighted by Crippen LogP contribution is 2.26. The molecule has 8 nitrogen and oxygen atoms in total. The van der Waals surface area contributed by atoms with Gasteiger partial charge in [0.15, 0.2) is 0 Å². The number of benzene rings is 2. The molecule has 0 aliphatic carbocycles. The molecule has 1 aliphatic heterocycles. The molecule has 1 N–H and O–H groups in total. The third-order valence-electron chi connectivity index (χ3n) is 6.08. The van der Waals surface area contributed by atoms with Crippen LogP contribution in [0, 0.1) is 0 Å². The van der Waals surface area contributed by atoms with E-state index in [4.69, 9.17) is 9.82 Å². The summed E-state index contributed by atoms with van der Waals surface area (Å²) in [5.74, 6) is 0.555. The number of nitrogens with one attached hydrogen (secondary N) is 1. The molecule has 34 heavy (non-hydrogen) atoms. The second-order valence-electron chi connectivity index (χ2n) is 8.59. The Kier molecular flexibility index (Phi) is 7.97. The zero-order chi connectivity index (χ0) is 24.0. The van der Waals surface area contributed by atoms with Crippen LogP contribution in [0.4, 0.5) is 0 Å². The van der Waals surface area contributed by atoms with Crippen LogP contribution in [0.5, 0.6) is 0 Å². The van der Waals surface area contributed by atoms with Gasteiger partial charge >= 0.3 is 0 Å². The topological polar surface area (TPSA) is 93.5 Å². The number of aryl methyl sites for hydroxylation is 2. The molecule has 1 aliphatic rings. The summed E-state index contributed by atoms with van der Waals surface area (Å²) in [6.45, 7) is 4.33. The van der Waals surface area contributed by atoms with Crippen LogP contribution in [0.2, 0.25) is 0 Å². The minimum absolute atomic E-state index is 0.220. The molecule has 2 heterocycles. The first-order valence-electron chi connectivity index (χ1n) is 11.9. The number of rotatable bonds is 11. The summed E-state index contributed by atoms with van der Waals surface area (Å²) in [4.78, 5) is 22.7. The maximum Gasteiger partial charge on any atom is 0.243 e.